The van der Waals surface area contributed by atoms with Crippen LogP contribution in [0.1, 0.15) is 21.5 Å². The summed E-state index contributed by atoms with van der Waals surface area (Å²) in [5.74, 6) is -0.130. The van der Waals surface area contributed by atoms with Gasteiger partial charge in [0.1, 0.15) is 5.75 Å². The minimum absolute atomic E-state index is 0.130. The zero-order valence-electron chi connectivity index (χ0n) is 6.89. The van der Waals surface area contributed by atoms with Crippen LogP contribution in [0, 0.1) is 13.8 Å². The quantitative estimate of drug-likeness (QED) is 0.681. The van der Waals surface area contributed by atoms with Gasteiger partial charge in [-0.05, 0) is 31.0 Å². The average molecular weight is 185 g/mol. The van der Waals surface area contributed by atoms with Crippen LogP contribution in [-0.2, 0) is 0 Å². The van der Waals surface area contributed by atoms with Crippen LogP contribution in [0.4, 0.5) is 0 Å². The number of carbonyl (C=O) groups is 1. The number of carbonyl (C=O) groups excluding carboxylic acids is 1. The van der Waals surface area contributed by atoms with E-state index in [2.05, 4.69) is 0 Å². The van der Waals surface area contributed by atoms with Gasteiger partial charge in [0.25, 0.3) is 0 Å². The molecule has 1 rings (SSSR count). The lowest BCUT2D eigenvalue weighted by molar-refractivity contribution is 0.112. The summed E-state index contributed by atoms with van der Waals surface area (Å²) in [7, 11) is 0. The van der Waals surface area contributed by atoms with Crippen molar-refractivity contribution in [1.82, 2.24) is 0 Å². The van der Waals surface area contributed by atoms with Gasteiger partial charge in [0.2, 0.25) is 0 Å². The molecule has 0 spiro atoms. The predicted octanol–water partition coefficient (Wildman–Crippen LogP) is 2.47. The molecule has 12 heavy (non-hydrogen) atoms. The van der Waals surface area contributed by atoms with Gasteiger partial charge in [-0.25, -0.2) is 0 Å². The fraction of sp³-hybridized carbons (Fsp3) is 0.222. The lowest BCUT2D eigenvalue weighted by Crippen LogP contribution is -1.91. The number of aryl methyl sites for hydroxylation is 1. The molecule has 0 bridgehead atoms. The minimum Gasteiger partial charge on any atom is -0.506 e. The van der Waals surface area contributed by atoms with E-state index >= 15 is 0 Å². The summed E-state index contributed by atoms with van der Waals surface area (Å²) in [6.45, 7) is 3.61. The number of phenols is 1. The Morgan fingerprint density at radius 3 is 2.58 bits per heavy atom. The van der Waals surface area contributed by atoms with Crippen molar-refractivity contribution >= 4 is 17.9 Å². The Bertz CT molecular complexity index is 306. The Kier molecular flexibility index (Phi) is 2.38. The molecule has 64 valence electrons. The smallest absolute Gasteiger partial charge is 0.154 e. The van der Waals surface area contributed by atoms with E-state index in [1.54, 1.807) is 13.0 Å². The van der Waals surface area contributed by atoms with E-state index in [1.165, 1.54) is 0 Å². The molecule has 0 aromatic heterocycles. The van der Waals surface area contributed by atoms with Crippen LogP contribution in [0.15, 0.2) is 6.07 Å². The normalized spacial score (nSPS) is 9.92. The lowest BCUT2D eigenvalue weighted by Gasteiger charge is -2.06. The largest absolute Gasteiger partial charge is 0.506 e. The molecule has 0 saturated heterocycles. The van der Waals surface area contributed by atoms with Gasteiger partial charge < -0.3 is 5.11 Å². The van der Waals surface area contributed by atoms with Gasteiger partial charge in [-0.3, -0.25) is 4.79 Å². The molecule has 0 saturated carbocycles. The Balaban J connectivity index is 3.52. The van der Waals surface area contributed by atoms with Crippen LogP contribution >= 0.6 is 11.6 Å². The summed E-state index contributed by atoms with van der Waals surface area (Å²) >= 11 is 5.66. The lowest BCUT2D eigenvalue weighted by atomic mass is 10.0. The highest BCUT2D eigenvalue weighted by Gasteiger charge is 2.10. The van der Waals surface area contributed by atoms with Crippen LogP contribution in [0.25, 0.3) is 0 Å². The third-order valence-electron chi connectivity index (χ3n) is 1.94. The maximum absolute atomic E-state index is 10.5. The molecule has 0 aliphatic carbocycles. The minimum atomic E-state index is -0.130. The number of hydrogen-bond acceptors (Lipinski definition) is 2. The zero-order chi connectivity index (χ0) is 9.30. The zero-order valence-corrected chi connectivity index (χ0v) is 7.64. The highest BCUT2D eigenvalue weighted by Crippen LogP contribution is 2.30. The van der Waals surface area contributed by atoms with Gasteiger partial charge in [-0.2, -0.15) is 0 Å². The van der Waals surface area contributed by atoms with Crippen LogP contribution < -0.4 is 0 Å². The third kappa shape index (κ3) is 1.30. The van der Waals surface area contributed by atoms with Crippen LogP contribution in [0.5, 0.6) is 5.75 Å². The van der Waals surface area contributed by atoms with Crippen molar-refractivity contribution in [2.24, 2.45) is 0 Å². The average Bonchev–Trinajstić information content (AvgIpc) is 2.02. The van der Waals surface area contributed by atoms with Gasteiger partial charge in [0.05, 0.1) is 10.6 Å². The summed E-state index contributed by atoms with van der Waals surface area (Å²) in [6, 6.07) is 1.64. The number of benzene rings is 1. The van der Waals surface area contributed by atoms with Crippen molar-refractivity contribution in [3.63, 3.8) is 0 Å². The molecule has 0 radical (unpaired) electrons. The van der Waals surface area contributed by atoms with E-state index in [1.807, 2.05) is 6.92 Å². The van der Waals surface area contributed by atoms with Gasteiger partial charge in [-0.15, -0.1) is 0 Å². The van der Waals surface area contributed by atoms with Crippen LogP contribution in [0.2, 0.25) is 5.02 Å². The van der Waals surface area contributed by atoms with Gasteiger partial charge in [0.15, 0.2) is 6.29 Å². The summed E-state index contributed by atoms with van der Waals surface area (Å²) in [5.41, 5.74) is 1.95. The highest BCUT2D eigenvalue weighted by molar-refractivity contribution is 6.32. The molecular weight excluding hydrogens is 176 g/mol. The Morgan fingerprint density at radius 2 is 2.08 bits per heavy atom. The monoisotopic (exact) mass is 184 g/mol. The fourth-order valence-electron chi connectivity index (χ4n) is 1.03. The fourth-order valence-corrected chi connectivity index (χ4v) is 1.30. The van der Waals surface area contributed by atoms with Crippen molar-refractivity contribution in [2.45, 2.75) is 13.8 Å². The molecule has 0 heterocycles. The van der Waals surface area contributed by atoms with E-state index < -0.39 is 0 Å². The van der Waals surface area contributed by atoms with Crippen LogP contribution in [-0.4, -0.2) is 11.4 Å². The second-order valence-electron chi connectivity index (χ2n) is 2.68. The second kappa shape index (κ2) is 3.15. The van der Waals surface area contributed by atoms with Gasteiger partial charge in [0, 0.05) is 0 Å². The van der Waals surface area contributed by atoms with E-state index in [4.69, 9.17) is 11.6 Å². The third-order valence-corrected chi connectivity index (χ3v) is 2.23. The van der Waals surface area contributed by atoms with E-state index in [0.717, 1.165) is 11.1 Å². The molecule has 2 nitrogen and oxygen atoms in total. The number of halogens is 1. The van der Waals surface area contributed by atoms with Crippen molar-refractivity contribution in [1.29, 1.82) is 0 Å². The summed E-state index contributed by atoms with van der Waals surface area (Å²) < 4.78 is 0. The number of phenolic OH excluding ortho intramolecular Hbond substituents is 1. The standard InChI is InChI=1S/C9H9ClO2/c1-5-3-8(10)9(12)7(4-11)6(5)2/h3-4,12H,1-2H3. The molecule has 1 aromatic carbocycles. The maximum atomic E-state index is 10.5. The van der Waals surface area contributed by atoms with Gasteiger partial charge in [-0.1, -0.05) is 11.6 Å². The number of rotatable bonds is 1. The molecule has 3 heteroatoms. The first-order valence-electron chi connectivity index (χ1n) is 3.51. The van der Waals surface area contributed by atoms with Gasteiger partial charge >= 0.3 is 0 Å². The molecular formula is C9H9ClO2. The molecule has 1 N–H and O–H groups in total. The number of aromatic hydroxyl groups is 1. The van der Waals surface area contributed by atoms with E-state index in [0.29, 0.717) is 6.29 Å². The topological polar surface area (TPSA) is 37.3 Å². The molecule has 0 unspecified atom stereocenters. The summed E-state index contributed by atoms with van der Waals surface area (Å²) in [6.07, 6.45) is 0.615. The molecule has 0 atom stereocenters. The highest BCUT2D eigenvalue weighted by atomic mass is 35.5. The first-order chi connectivity index (χ1) is 5.57. The van der Waals surface area contributed by atoms with Crippen molar-refractivity contribution in [2.75, 3.05) is 0 Å². The summed E-state index contributed by atoms with van der Waals surface area (Å²) in [4.78, 5) is 10.5. The number of hydrogen-bond donors (Lipinski definition) is 1. The SMILES string of the molecule is Cc1cc(Cl)c(O)c(C=O)c1C. The van der Waals surface area contributed by atoms with E-state index in [9.17, 15) is 9.90 Å². The molecule has 0 amide bonds. The van der Waals surface area contributed by atoms with Crippen LogP contribution in [0.3, 0.4) is 0 Å². The molecule has 0 aliphatic rings. The molecule has 1 aromatic rings. The Morgan fingerprint density at radius 1 is 1.50 bits per heavy atom. The summed E-state index contributed by atoms with van der Waals surface area (Å²) in [5, 5.41) is 9.56. The van der Waals surface area contributed by atoms with Crippen molar-refractivity contribution in [3.05, 3.63) is 27.8 Å². The first-order valence-corrected chi connectivity index (χ1v) is 3.89. The second-order valence-corrected chi connectivity index (χ2v) is 3.09. The molecule has 0 aliphatic heterocycles. The van der Waals surface area contributed by atoms with Crippen molar-refractivity contribution in [3.8, 4) is 5.75 Å². The Labute approximate surface area is 75.8 Å². The molecule has 0 fully saturated rings. The Hall–Kier alpha value is -1.02. The predicted molar refractivity (Wildman–Crippen MR) is 48.0 cm³/mol. The first kappa shape index (κ1) is 9.07. The maximum Gasteiger partial charge on any atom is 0.154 e. The van der Waals surface area contributed by atoms with Crippen molar-refractivity contribution < 1.29 is 9.90 Å². The van der Waals surface area contributed by atoms with E-state index in [-0.39, 0.29) is 16.3 Å². The number of aldehydes is 1.